The second kappa shape index (κ2) is 7.87. The number of fused-ring (bicyclic) bond motifs is 1. The van der Waals surface area contributed by atoms with Crippen molar-refractivity contribution in [3.63, 3.8) is 0 Å². The quantitative estimate of drug-likeness (QED) is 0.840. The molecule has 1 fully saturated rings. The molecule has 7 heteroatoms. The van der Waals surface area contributed by atoms with E-state index in [0.29, 0.717) is 47.8 Å². The van der Waals surface area contributed by atoms with Crippen molar-refractivity contribution < 1.29 is 19.1 Å². The highest BCUT2D eigenvalue weighted by Gasteiger charge is 2.43. The maximum atomic E-state index is 12.6. The fraction of sp³-hybridized carbons (Fsp3) is 0.318. The van der Waals surface area contributed by atoms with E-state index in [0.717, 1.165) is 0 Å². The third kappa shape index (κ3) is 4.12. The molecule has 0 saturated carbocycles. The van der Waals surface area contributed by atoms with Crippen molar-refractivity contribution in [2.45, 2.75) is 24.9 Å². The van der Waals surface area contributed by atoms with Crippen LogP contribution in [0.5, 0.6) is 5.75 Å². The zero-order valence-corrected chi connectivity index (χ0v) is 16.6. The van der Waals surface area contributed by atoms with Gasteiger partial charge >= 0.3 is 0 Å². The van der Waals surface area contributed by atoms with E-state index in [1.807, 2.05) is 6.07 Å². The van der Waals surface area contributed by atoms with Crippen LogP contribution in [0.2, 0.25) is 5.02 Å². The van der Waals surface area contributed by atoms with E-state index >= 15 is 0 Å². The van der Waals surface area contributed by atoms with Gasteiger partial charge in [0, 0.05) is 36.5 Å². The first-order valence-electron chi connectivity index (χ1n) is 9.59. The van der Waals surface area contributed by atoms with E-state index in [-0.39, 0.29) is 30.6 Å². The zero-order valence-electron chi connectivity index (χ0n) is 15.8. The second-order valence-corrected chi connectivity index (χ2v) is 7.89. The van der Waals surface area contributed by atoms with Gasteiger partial charge in [-0.25, -0.2) is 0 Å². The maximum absolute atomic E-state index is 12.6. The van der Waals surface area contributed by atoms with E-state index in [9.17, 15) is 14.4 Å². The Bertz CT molecular complexity index is 953. The summed E-state index contributed by atoms with van der Waals surface area (Å²) in [7, 11) is 0. The standard InChI is InChI=1S/C22H21ClN2O4/c23-16-6-7-19-17(12-16)18(26)13-22(29-19)8-10-25(11-9-22)20(27)14-24-21(28)15-4-2-1-3-5-15/h1-7,12H,8-11,13-14H2,(H,24,28). The van der Waals surface area contributed by atoms with Crippen LogP contribution in [0.4, 0.5) is 0 Å². The second-order valence-electron chi connectivity index (χ2n) is 7.45. The number of carbonyl (C=O) groups excluding carboxylic acids is 3. The summed E-state index contributed by atoms with van der Waals surface area (Å²) in [6.07, 6.45) is 1.42. The first-order chi connectivity index (χ1) is 14.0. The Morgan fingerprint density at radius 1 is 1.10 bits per heavy atom. The monoisotopic (exact) mass is 412 g/mol. The molecule has 4 rings (SSSR count). The van der Waals surface area contributed by atoms with Crippen molar-refractivity contribution >= 4 is 29.2 Å². The van der Waals surface area contributed by atoms with E-state index in [2.05, 4.69) is 5.32 Å². The number of carbonyl (C=O) groups is 3. The van der Waals surface area contributed by atoms with Gasteiger partial charge in [-0.15, -0.1) is 0 Å². The molecule has 2 aliphatic heterocycles. The van der Waals surface area contributed by atoms with Gasteiger partial charge in [-0.2, -0.15) is 0 Å². The van der Waals surface area contributed by atoms with Crippen molar-refractivity contribution in [1.29, 1.82) is 0 Å². The van der Waals surface area contributed by atoms with Crippen LogP contribution in [-0.2, 0) is 4.79 Å². The number of Topliss-reactive ketones (excluding diaryl/α,β-unsaturated/α-hetero) is 1. The topological polar surface area (TPSA) is 75.7 Å². The van der Waals surface area contributed by atoms with Crippen LogP contribution in [-0.4, -0.2) is 47.7 Å². The third-order valence-electron chi connectivity index (χ3n) is 5.51. The number of hydrogen-bond acceptors (Lipinski definition) is 4. The minimum Gasteiger partial charge on any atom is -0.486 e. The molecule has 1 saturated heterocycles. The molecular formula is C22H21ClN2O4. The molecule has 2 aromatic rings. The number of likely N-dealkylation sites (tertiary alicyclic amines) is 1. The van der Waals surface area contributed by atoms with Crippen LogP contribution >= 0.6 is 11.6 Å². The summed E-state index contributed by atoms with van der Waals surface area (Å²) in [4.78, 5) is 38.9. The number of rotatable bonds is 3. The molecule has 2 heterocycles. The minimum atomic E-state index is -0.581. The summed E-state index contributed by atoms with van der Waals surface area (Å²) in [5.74, 6) is 0.159. The van der Waals surface area contributed by atoms with Gasteiger partial charge in [0.15, 0.2) is 5.78 Å². The Hall–Kier alpha value is -2.86. The van der Waals surface area contributed by atoms with Crippen molar-refractivity contribution in [3.05, 3.63) is 64.7 Å². The van der Waals surface area contributed by atoms with Crippen LogP contribution in [0.15, 0.2) is 48.5 Å². The summed E-state index contributed by atoms with van der Waals surface area (Å²) >= 11 is 5.98. The number of nitrogens with one attached hydrogen (secondary N) is 1. The van der Waals surface area contributed by atoms with E-state index in [1.165, 1.54) is 0 Å². The highest BCUT2D eigenvalue weighted by Crippen LogP contribution is 2.40. The van der Waals surface area contributed by atoms with Gasteiger partial charge in [0.25, 0.3) is 5.91 Å². The molecule has 2 amide bonds. The largest absolute Gasteiger partial charge is 0.486 e. The number of benzene rings is 2. The fourth-order valence-corrected chi connectivity index (χ4v) is 4.04. The predicted molar refractivity (Wildman–Crippen MR) is 108 cm³/mol. The Morgan fingerprint density at radius 2 is 1.83 bits per heavy atom. The van der Waals surface area contributed by atoms with Crippen LogP contribution in [0.25, 0.3) is 0 Å². The fourth-order valence-electron chi connectivity index (χ4n) is 3.87. The smallest absolute Gasteiger partial charge is 0.251 e. The molecule has 0 unspecified atom stereocenters. The molecule has 1 spiro atoms. The molecule has 0 aromatic heterocycles. The highest BCUT2D eigenvalue weighted by molar-refractivity contribution is 6.31. The van der Waals surface area contributed by atoms with Gasteiger partial charge in [0.1, 0.15) is 11.4 Å². The van der Waals surface area contributed by atoms with Gasteiger partial charge in [-0.3, -0.25) is 14.4 Å². The number of halogens is 1. The van der Waals surface area contributed by atoms with Gasteiger partial charge in [0.2, 0.25) is 5.91 Å². The van der Waals surface area contributed by atoms with Gasteiger partial charge in [0.05, 0.1) is 18.5 Å². The van der Waals surface area contributed by atoms with Crippen LogP contribution in [0.3, 0.4) is 0 Å². The summed E-state index contributed by atoms with van der Waals surface area (Å²) in [5.41, 5.74) is 0.457. The molecule has 150 valence electrons. The Kier molecular flexibility index (Phi) is 5.28. The zero-order chi connectivity index (χ0) is 20.4. The van der Waals surface area contributed by atoms with E-state index in [1.54, 1.807) is 47.4 Å². The Morgan fingerprint density at radius 3 is 2.55 bits per heavy atom. The lowest BCUT2D eigenvalue weighted by atomic mass is 9.82. The predicted octanol–water partition coefficient (Wildman–Crippen LogP) is 3.10. The van der Waals surface area contributed by atoms with E-state index in [4.69, 9.17) is 16.3 Å². The Balaban J connectivity index is 1.33. The SMILES string of the molecule is O=C(NCC(=O)N1CCC2(CC1)CC(=O)c1cc(Cl)ccc1O2)c1ccccc1. The van der Waals surface area contributed by atoms with Crippen LogP contribution < -0.4 is 10.1 Å². The molecule has 29 heavy (non-hydrogen) atoms. The summed E-state index contributed by atoms with van der Waals surface area (Å²) in [6.45, 7) is 0.911. The van der Waals surface area contributed by atoms with Crippen molar-refractivity contribution in [2.75, 3.05) is 19.6 Å². The summed E-state index contributed by atoms with van der Waals surface area (Å²) < 4.78 is 6.18. The Labute approximate surface area is 173 Å². The molecule has 0 aliphatic carbocycles. The molecule has 0 radical (unpaired) electrons. The summed E-state index contributed by atoms with van der Waals surface area (Å²) in [5, 5.41) is 3.17. The number of hydrogen-bond donors (Lipinski definition) is 1. The lowest BCUT2D eigenvalue weighted by molar-refractivity contribution is -0.133. The van der Waals surface area contributed by atoms with Crippen molar-refractivity contribution in [1.82, 2.24) is 10.2 Å². The molecule has 0 atom stereocenters. The third-order valence-corrected chi connectivity index (χ3v) is 5.75. The highest BCUT2D eigenvalue weighted by atomic mass is 35.5. The number of piperidine rings is 1. The average molecular weight is 413 g/mol. The lowest BCUT2D eigenvalue weighted by Crippen LogP contribution is -2.53. The molecule has 2 aliphatic rings. The molecule has 6 nitrogen and oxygen atoms in total. The number of nitrogens with zero attached hydrogens (tertiary/aromatic N) is 1. The first-order valence-corrected chi connectivity index (χ1v) is 9.96. The summed E-state index contributed by atoms with van der Waals surface area (Å²) in [6, 6.07) is 13.9. The van der Waals surface area contributed by atoms with Crippen molar-refractivity contribution in [3.8, 4) is 5.75 Å². The number of amides is 2. The number of ether oxygens (including phenoxy) is 1. The van der Waals surface area contributed by atoms with Crippen molar-refractivity contribution in [2.24, 2.45) is 0 Å². The molecule has 0 bridgehead atoms. The normalized spacial score (nSPS) is 17.4. The van der Waals surface area contributed by atoms with Crippen LogP contribution in [0, 0.1) is 0 Å². The number of ketones is 1. The van der Waals surface area contributed by atoms with Gasteiger partial charge < -0.3 is 15.0 Å². The van der Waals surface area contributed by atoms with E-state index < -0.39 is 5.60 Å². The molecule has 2 aromatic carbocycles. The maximum Gasteiger partial charge on any atom is 0.251 e. The first kappa shape index (κ1) is 19.5. The van der Waals surface area contributed by atoms with Gasteiger partial charge in [-0.05, 0) is 30.3 Å². The van der Waals surface area contributed by atoms with Crippen LogP contribution in [0.1, 0.15) is 40.0 Å². The molecular weight excluding hydrogens is 392 g/mol. The van der Waals surface area contributed by atoms with Gasteiger partial charge in [-0.1, -0.05) is 29.8 Å². The minimum absolute atomic E-state index is 0.0173. The average Bonchev–Trinajstić information content (AvgIpc) is 2.73. The molecule has 1 N–H and O–H groups in total. The lowest BCUT2D eigenvalue weighted by Gasteiger charge is -2.44.